The van der Waals surface area contributed by atoms with Crippen LogP contribution in [0.4, 0.5) is 0 Å². The Morgan fingerprint density at radius 3 is 1.56 bits per heavy atom. The highest BCUT2D eigenvalue weighted by molar-refractivity contribution is 6.23. The van der Waals surface area contributed by atoms with Gasteiger partial charge in [-0.3, -0.25) is 14.4 Å². The number of carbonyl (C=O) groups excluding carboxylic acids is 3. The predicted molar refractivity (Wildman–Crippen MR) is 234 cm³/mol. The zero-order valence-electron chi connectivity index (χ0n) is 34.6. The lowest BCUT2D eigenvalue weighted by molar-refractivity contribution is -0.129. The monoisotopic (exact) mass is 752 g/mol. The first-order valence-corrected chi connectivity index (χ1v) is 22.5. The smallest absolute Gasteiger partial charge is 0.242 e. The Morgan fingerprint density at radius 2 is 0.982 bits per heavy atom. The van der Waals surface area contributed by atoms with Gasteiger partial charge >= 0.3 is 0 Å². The van der Waals surface area contributed by atoms with E-state index in [0.29, 0.717) is 32.4 Å². The second kappa shape index (κ2) is 26.2. The number of carbonyl (C=O) groups is 3. The summed E-state index contributed by atoms with van der Waals surface area (Å²) in [5.74, 6) is -0.368. The van der Waals surface area contributed by atoms with Crippen LogP contribution in [0.3, 0.4) is 0 Å². The molecule has 0 aliphatic carbocycles. The van der Waals surface area contributed by atoms with Crippen LogP contribution in [0, 0.1) is 0 Å². The molecule has 4 aromatic carbocycles. The molecule has 4 aromatic rings. The van der Waals surface area contributed by atoms with Gasteiger partial charge in [-0.2, -0.15) is 0 Å². The van der Waals surface area contributed by atoms with Crippen LogP contribution in [0.15, 0.2) is 54.6 Å². The lowest BCUT2D eigenvalue weighted by Crippen LogP contribution is -2.47. The minimum absolute atomic E-state index is 0.0494. The standard InChI is InChI=1S/C49H73N3O3/c1-3-5-7-9-11-13-15-17-19-21-37-50-45(53)36-35-44(49(55)51-38-22-20-18-16-14-12-10-8-6-4-2)52-46(54)28-24-25-39-29-30-42-32-31-40-26-23-27-41-33-34-43(39)48(42)47(40)41/h23,26-27,29-34,44H,3-22,24-25,28,35-38H2,1-2H3,(H,50,53)(H,51,55)(H,52,54). The van der Waals surface area contributed by atoms with Crippen molar-refractivity contribution in [1.82, 2.24) is 16.0 Å². The van der Waals surface area contributed by atoms with Gasteiger partial charge in [-0.05, 0) is 70.0 Å². The number of unbranched alkanes of at least 4 members (excludes halogenated alkanes) is 18. The molecule has 0 radical (unpaired) electrons. The first-order chi connectivity index (χ1) is 27.0. The number of benzene rings is 4. The van der Waals surface area contributed by atoms with Gasteiger partial charge in [0.15, 0.2) is 0 Å². The zero-order chi connectivity index (χ0) is 38.9. The number of hydrogen-bond acceptors (Lipinski definition) is 3. The van der Waals surface area contributed by atoms with Gasteiger partial charge < -0.3 is 16.0 Å². The van der Waals surface area contributed by atoms with Gasteiger partial charge in [-0.25, -0.2) is 0 Å². The van der Waals surface area contributed by atoms with Gasteiger partial charge in [0.2, 0.25) is 17.7 Å². The van der Waals surface area contributed by atoms with Crippen LogP contribution >= 0.6 is 0 Å². The summed E-state index contributed by atoms with van der Waals surface area (Å²) in [6.07, 6.45) is 27.3. The van der Waals surface area contributed by atoms with E-state index in [9.17, 15) is 14.4 Å². The highest BCUT2D eigenvalue weighted by Gasteiger charge is 2.22. The minimum Gasteiger partial charge on any atom is -0.356 e. The molecule has 0 saturated carbocycles. The molecule has 1 atom stereocenters. The van der Waals surface area contributed by atoms with Crippen LogP contribution in [0.1, 0.15) is 174 Å². The lowest BCUT2D eigenvalue weighted by atomic mass is 9.90. The molecule has 0 aliphatic heterocycles. The van der Waals surface area contributed by atoms with Crippen LogP contribution in [-0.2, 0) is 20.8 Å². The molecule has 0 aliphatic rings. The molecule has 1 unspecified atom stereocenters. The summed E-state index contributed by atoms with van der Waals surface area (Å²) in [4.78, 5) is 39.4. The van der Waals surface area contributed by atoms with Crippen LogP contribution in [0.2, 0.25) is 0 Å². The molecule has 0 fully saturated rings. The fraction of sp³-hybridized carbons (Fsp3) is 0.612. The molecule has 0 spiro atoms. The lowest BCUT2D eigenvalue weighted by Gasteiger charge is -2.19. The predicted octanol–water partition coefficient (Wildman–Crippen LogP) is 12.2. The summed E-state index contributed by atoms with van der Waals surface area (Å²) in [7, 11) is 0. The van der Waals surface area contributed by atoms with Crippen molar-refractivity contribution < 1.29 is 14.4 Å². The minimum atomic E-state index is -0.715. The Morgan fingerprint density at radius 1 is 0.491 bits per heavy atom. The summed E-state index contributed by atoms with van der Waals surface area (Å²) >= 11 is 0. The molecule has 3 amide bonds. The Balaban J connectivity index is 1.20. The highest BCUT2D eigenvalue weighted by Crippen LogP contribution is 2.36. The quantitative estimate of drug-likeness (QED) is 0.0353. The Labute approximate surface area is 333 Å². The van der Waals surface area contributed by atoms with Crippen LogP contribution in [-0.4, -0.2) is 36.9 Å². The van der Waals surface area contributed by atoms with Gasteiger partial charge in [0.1, 0.15) is 6.04 Å². The summed E-state index contributed by atoms with van der Waals surface area (Å²) in [6.45, 7) is 5.77. The summed E-state index contributed by atoms with van der Waals surface area (Å²) in [6, 6.07) is 18.9. The average molecular weight is 752 g/mol. The van der Waals surface area contributed by atoms with E-state index in [2.05, 4.69) is 84.4 Å². The topological polar surface area (TPSA) is 87.3 Å². The van der Waals surface area contributed by atoms with Gasteiger partial charge in [0.25, 0.3) is 0 Å². The maximum Gasteiger partial charge on any atom is 0.242 e. The van der Waals surface area contributed by atoms with E-state index < -0.39 is 6.04 Å². The van der Waals surface area contributed by atoms with Crippen LogP contribution in [0.5, 0.6) is 0 Å². The number of hydrogen-bond donors (Lipinski definition) is 3. The largest absolute Gasteiger partial charge is 0.356 e. The van der Waals surface area contributed by atoms with Gasteiger partial charge in [-0.1, -0.05) is 184 Å². The second-order valence-corrected chi connectivity index (χ2v) is 16.1. The van der Waals surface area contributed by atoms with Crippen molar-refractivity contribution in [3.63, 3.8) is 0 Å². The normalized spacial score (nSPS) is 12.1. The van der Waals surface area contributed by atoms with E-state index in [1.807, 2.05) is 0 Å². The maximum atomic E-state index is 13.4. The van der Waals surface area contributed by atoms with Gasteiger partial charge in [-0.15, -0.1) is 0 Å². The molecule has 6 heteroatoms. The van der Waals surface area contributed by atoms with E-state index in [0.717, 1.165) is 32.1 Å². The van der Waals surface area contributed by atoms with Crippen LogP contribution < -0.4 is 16.0 Å². The molecular weight excluding hydrogens is 679 g/mol. The summed E-state index contributed by atoms with van der Waals surface area (Å²) < 4.78 is 0. The molecular formula is C49H73N3O3. The Kier molecular flexibility index (Phi) is 21.0. The van der Waals surface area contributed by atoms with E-state index in [-0.39, 0.29) is 24.1 Å². The SMILES string of the molecule is CCCCCCCCCCCCNC(=O)CCC(NC(=O)CCCc1ccc2ccc3cccc4ccc1c2c34)C(=O)NCCCCCCCCCCCC. The van der Waals surface area contributed by atoms with Gasteiger partial charge in [0.05, 0.1) is 0 Å². The molecule has 3 N–H and O–H groups in total. The average Bonchev–Trinajstić information content (AvgIpc) is 3.20. The van der Waals surface area contributed by atoms with E-state index in [1.165, 1.54) is 141 Å². The molecule has 6 nitrogen and oxygen atoms in total. The molecule has 0 heterocycles. The highest BCUT2D eigenvalue weighted by atomic mass is 16.2. The fourth-order valence-corrected chi connectivity index (χ4v) is 8.14. The third-order valence-corrected chi connectivity index (χ3v) is 11.5. The third-order valence-electron chi connectivity index (χ3n) is 11.5. The van der Waals surface area contributed by atoms with Crippen LogP contribution in [0.25, 0.3) is 32.3 Å². The fourth-order valence-electron chi connectivity index (χ4n) is 8.14. The number of nitrogens with one attached hydrogen (secondary N) is 3. The van der Waals surface area contributed by atoms with Crippen molar-refractivity contribution >= 4 is 50.0 Å². The maximum absolute atomic E-state index is 13.4. The van der Waals surface area contributed by atoms with Crippen molar-refractivity contribution in [3.05, 3.63) is 60.2 Å². The first kappa shape index (κ1) is 44.0. The van der Waals surface area contributed by atoms with Crippen molar-refractivity contribution in [2.75, 3.05) is 13.1 Å². The van der Waals surface area contributed by atoms with E-state index >= 15 is 0 Å². The number of amides is 3. The molecule has 4 rings (SSSR count). The Bertz CT molecular complexity index is 1670. The summed E-state index contributed by atoms with van der Waals surface area (Å²) in [5.41, 5.74) is 1.24. The van der Waals surface area contributed by atoms with Crippen molar-refractivity contribution in [2.45, 2.75) is 180 Å². The molecule has 0 aromatic heterocycles. The number of aryl methyl sites for hydroxylation is 1. The molecule has 55 heavy (non-hydrogen) atoms. The molecule has 302 valence electrons. The first-order valence-electron chi connectivity index (χ1n) is 22.5. The molecule has 0 bridgehead atoms. The van der Waals surface area contributed by atoms with Crippen molar-refractivity contribution in [3.8, 4) is 0 Å². The second-order valence-electron chi connectivity index (χ2n) is 16.1. The van der Waals surface area contributed by atoms with E-state index in [1.54, 1.807) is 0 Å². The van der Waals surface area contributed by atoms with Crippen molar-refractivity contribution in [1.29, 1.82) is 0 Å². The van der Waals surface area contributed by atoms with Gasteiger partial charge in [0, 0.05) is 25.9 Å². The van der Waals surface area contributed by atoms with Crippen molar-refractivity contribution in [2.24, 2.45) is 0 Å². The summed E-state index contributed by atoms with van der Waals surface area (Å²) in [5, 5.41) is 16.7. The third kappa shape index (κ3) is 15.8. The zero-order valence-corrected chi connectivity index (χ0v) is 34.6. The van der Waals surface area contributed by atoms with E-state index in [4.69, 9.17) is 0 Å². The number of rotatable bonds is 31. The molecule has 0 saturated heterocycles. The Hall–Kier alpha value is -3.67.